The van der Waals surface area contributed by atoms with Crippen molar-refractivity contribution in [1.29, 1.82) is 0 Å². The number of hydrogen-bond donors (Lipinski definition) is 3. The summed E-state index contributed by atoms with van der Waals surface area (Å²) in [5.74, 6) is 0.635. The molecule has 0 atom stereocenters. The molecule has 0 unspecified atom stereocenters. The van der Waals surface area contributed by atoms with Crippen LogP contribution in [0.2, 0.25) is 0 Å². The molecular weight excluding hydrogens is 469 g/mol. The molecule has 1 aliphatic rings. The van der Waals surface area contributed by atoms with Crippen molar-refractivity contribution in [2.45, 2.75) is 38.4 Å². The highest BCUT2D eigenvalue weighted by molar-refractivity contribution is 5.78. The van der Waals surface area contributed by atoms with Gasteiger partial charge in [0.25, 0.3) is 0 Å². The minimum absolute atomic E-state index is 0.227. The first-order valence-corrected chi connectivity index (χ1v) is 12.8. The van der Waals surface area contributed by atoms with Crippen LogP contribution in [0.25, 0.3) is 11.0 Å². The summed E-state index contributed by atoms with van der Waals surface area (Å²) in [6.45, 7) is 4.01. The molecule has 1 amide bonds. The number of para-hydroxylation sites is 2. The second kappa shape index (κ2) is 11.4. The largest absolute Gasteiger partial charge is 0.465 e. The molecule has 0 aliphatic carbocycles. The summed E-state index contributed by atoms with van der Waals surface area (Å²) in [6.07, 6.45) is 2.05. The number of imidazole rings is 1. The minimum Gasteiger partial charge on any atom is -0.465 e. The Hall–Kier alpha value is -3.91. The molecule has 4 aromatic rings. The number of fused-ring (bicyclic) bond motifs is 1. The fraction of sp³-hybridized carbons (Fsp3) is 0.310. The lowest BCUT2D eigenvalue weighted by Crippen LogP contribution is -2.40. The molecule has 3 aromatic carbocycles. The molecule has 192 valence electrons. The highest BCUT2D eigenvalue weighted by Crippen LogP contribution is 2.24. The van der Waals surface area contributed by atoms with E-state index in [4.69, 9.17) is 10.1 Å². The van der Waals surface area contributed by atoms with Gasteiger partial charge in [-0.25, -0.2) is 14.2 Å². The van der Waals surface area contributed by atoms with Crippen molar-refractivity contribution in [3.05, 3.63) is 95.3 Å². The number of nitrogens with zero attached hydrogens (tertiary/aromatic N) is 3. The topological polar surface area (TPSA) is 82.4 Å². The van der Waals surface area contributed by atoms with Gasteiger partial charge in [0.05, 0.1) is 17.6 Å². The zero-order valence-electron chi connectivity index (χ0n) is 20.7. The third-order valence-corrected chi connectivity index (χ3v) is 7.01. The molecule has 1 saturated heterocycles. The maximum absolute atomic E-state index is 13.4. The van der Waals surface area contributed by atoms with Crippen LogP contribution in [0.1, 0.15) is 29.5 Å². The number of nitrogens with one attached hydrogen (secondary N) is 2. The van der Waals surface area contributed by atoms with Gasteiger partial charge in [-0.15, -0.1) is 0 Å². The van der Waals surface area contributed by atoms with E-state index in [1.807, 2.05) is 42.5 Å². The van der Waals surface area contributed by atoms with Crippen molar-refractivity contribution >= 4 is 23.1 Å². The van der Waals surface area contributed by atoms with Gasteiger partial charge in [-0.2, -0.15) is 0 Å². The van der Waals surface area contributed by atoms with Gasteiger partial charge >= 0.3 is 6.09 Å². The summed E-state index contributed by atoms with van der Waals surface area (Å²) in [6, 6.07) is 23.3. The van der Waals surface area contributed by atoms with E-state index < -0.39 is 6.09 Å². The highest BCUT2D eigenvalue weighted by Gasteiger charge is 2.21. The first kappa shape index (κ1) is 24.8. The van der Waals surface area contributed by atoms with Crippen LogP contribution in [-0.2, 0) is 19.5 Å². The second-order valence-electron chi connectivity index (χ2n) is 9.62. The predicted molar refractivity (Wildman–Crippen MR) is 143 cm³/mol. The number of carbonyl (C=O) groups is 1. The molecule has 0 bridgehead atoms. The zero-order chi connectivity index (χ0) is 25.6. The van der Waals surface area contributed by atoms with Crippen LogP contribution in [0.3, 0.4) is 0 Å². The lowest BCUT2D eigenvalue weighted by Gasteiger charge is -2.32. The Morgan fingerprint density at radius 2 is 1.62 bits per heavy atom. The Balaban J connectivity index is 1.16. The number of halogens is 1. The monoisotopic (exact) mass is 501 g/mol. The number of amides is 1. The quantitative estimate of drug-likeness (QED) is 0.297. The standard InChI is InChI=1S/C29H32FN5O2/c30-24-11-9-23(10-12-24)20-35-27-4-2-1-3-26(27)33-28(35)32-25-14-17-34(18-15-25)16-13-21-5-7-22(8-6-21)19-31-29(36)37/h1-12,25,31H,13-20H2,(H,32,33)(H,36,37). The van der Waals surface area contributed by atoms with Gasteiger partial charge in [0, 0.05) is 32.2 Å². The van der Waals surface area contributed by atoms with Crippen LogP contribution in [0, 0.1) is 5.82 Å². The van der Waals surface area contributed by atoms with Gasteiger partial charge in [0.2, 0.25) is 5.95 Å². The van der Waals surface area contributed by atoms with Gasteiger partial charge < -0.3 is 25.2 Å². The third-order valence-electron chi connectivity index (χ3n) is 7.01. The number of aromatic nitrogens is 2. The first-order valence-electron chi connectivity index (χ1n) is 12.8. The number of carboxylic acid groups (broad SMARTS) is 1. The summed E-state index contributed by atoms with van der Waals surface area (Å²) in [4.78, 5) is 18.0. The van der Waals surface area contributed by atoms with Gasteiger partial charge in [0.1, 0.15) is 5.82 Å². The Bertz CT molecular complexity index is 1330. The maximum atomic E-state index is 13.4. The van der Waals surface area contributed by atoms with E-state index in [2.05, 4.69) is 38.3 Å². The summed E-state index contributed by atoms with van der Waals surface area (Å²) in [5, 5.41) is 14.8. The van der Waals surface area contributed by atoms with Gasteiger partial charge in [-0.1, -0.05) is 48.5 Å². The fourth-order valence-electron chi connectivity index (χ4n) is 4.89. The average molecular weight is 502 g/mol. The van der Waals surface area contributed by atoms with Crippen LogP contribution in [-0.4, -0.2) is 51.3 Å². The van der Waals surface area contributed by atoms with Crippen molar-refractivity contribution in [1.82, 2.24) is 19.8 Å². The van der Waals surface area contributed by atoms with Crippen LogP contribution in [0.5, 0.6) is 0 Å². The van der Waals surface area contributed by atoms with Gasteiger partial charge in [-0.3, -0.25) is 0 Å². The molecule has 37 heavy (non-hydrogen) atoms. The molecule has 1 aromatic heterocycles. The molecule has 3 N–H and O–H groups in total. The molecule has 7 nitrogen and oxygen atoms in total. The molecule has 5 rings (SSSR count). The van der Waals surface area contributed by atoms with Gasteiger partial charge in [0.15, 0.2) is 0 Å². The number of likely N-dealkylation sites (tertiary alicyclic amines) is 1. The fourth-order valence-corrected chi connectivity index (χ4v) is 4.89. The summed E-state index contributed by atoms with van der Waals surface area (Å²) in [5.41, 5.74) is 5.27. The Morgan fingerprint density at radius 1 is 0.946 bits per heavy atom. The number of hydrogen-bond acceptors (Lipinski definition) is 4. The molecule has 1 aliphatic heterocycles. The molecule has 8 heteroatoms. The number of rotatable bonds is 9. The van der Waals surface area contributed by atoms with E-state index in [-0.39, 0.29) is 5.82 Å². The molecule has 0 radical (unpaired) electrons. The van der Waals surface area contributed by atoms with Crippen molar-refractivity contribution in [2.75, 3.05) is 25.0 Å². The Labute approximate surface area is 215 Å². The normalized spacial score (nSPS) is 14.6. The Morgan fingerprint density at radius 3 is 2.35 bits per heavy atom. The highest BCUT2D eigenvalue weighted by atomic mass is 19.1. The molecule has 2 heterocycles. The second-order valence-corrected chi connectivity index (χ2v) is 9.62. The van der Waals surface area contributed by atoms with Crippen LogP contribution in [0.15, 0.2) is 72.8 Å². The summed E-state index contributed by atoms with van der Waals surface area (Å²) < 4.78 is 15.6. The van der Waals surface area contributed by atoms with Crippen molar-refractivity contribution in [3.8, 4) is 0 Å². The SMILES string of the molecule is O=C(O)NCc1ccc(CCN2CCC(Nc3nc4ccccc4n3Cc3ccc(F)cc3)CC2)cc1. The minimum atomic E-state index is -1.01. The van der Waals surface area contributed by atoms with E-state index in [0.29, 0.717) is 19.1 Å². The average Bonchev–Trinajstić information content (AvgIpc) is 3.25. The van der Waals surface area contributed by atoms with Crippen LogP contribution in [0.4, 0.5) is 15.1 Å². The molecule has 0 saturated carbocycles. The van der Waals surface area contributed by atoms with Gasteiger partial charge in [-0.05, 0) is 60.2 Å². The lowest BCUT2D eigenvalue weighted by atomic mass is 10.0. The zero-order valence-corrected chi connectivity index (χ0v) is 20.7. The lowest BCUT2D eigenvalue weighted by molar-refractivity contribution is 0.194. The van der Waals surface area contributed by atoms with Crippen molar-refractivity contribution in [2.24, 2.45) is 0 Å². The summed E-state index contributed by atoms with van der Waals surface area (Å²) >= 11 is 0. The molecular formula is C29H32FN5O2. The van der Waals surface area contributed by atoms with E-state index in [0.717, 1.165) is 67.0 Å². The van der Waals surface area contributed by atoms with E-state index in [1.165, 1.54) is 17.7 Å². The van der Waals surface area contributed by atoms with E-state index in [9.17, 15) is 9.18 Å². The third kappa shape index (κ3) is 6.46. The smallest absolute Gasteiger partial charge is 0.404 e. The van der Waals surface area contributed by atoms with Crippen molar-refractivity contribution < 1.29 is 14.3 Å². The summed E-state index contributed by atoms with van der Waals surface area (Å²) in [7, 11) is 0. The number of piperidine rings is 1. The van der Waals surface area contributed by atoms with E-state index in [1.54, 1.807) is 0 Å². The van der Waals surface area contributed by atoms with E-state index >= 15 is 0 Å². The van der Waals surface area contributed by atoms with Crippen LogP contribution < -0.4 is 10.6 Å². The molecule has 0 spiro atoms. The molecule has 1 fully saturated rings. The first-order chi connectivity index (χ1) is 18.0. The maximum Gasteiger partial charge on any atom is 0.404 e. The Kier molecular flexibility index (Phi) is 7.65. The number of anilines is 1. The van der Waals surface area contributed by atoms with Crippen molar-refractivity contribution in [3.63, 3.8) is 0 Å². The predicted octanol–water partition coefficient (Wildman–Crippen LogP) is 5.11. The van der Waals surface area contributed by atoms with Crippen LogP contribution >= 0.6 is 0 Å². The number of benzene rings is 3.